The summed E-state index contributed by atoms with van der Waals surface area (Å²) in [7, 11) is 0. The summed E-state index contributed by atoms with van der Waals surface area (Å²) in [5.41, 5.74) is 0.932. The Morgan fingerprint density at radius 1 is 1.21 bits per heavy atom. The molecule has 9 nitrogen and oxygen atoms in total. The fraction of sp³-hybridized carbons (Fsp3) is 0.429. The minimum atomic E-state index is -1.20. The number of non-ortho nitro benzene ring substituents is 1. The van der Waals surface area contributed by atoms with E-state index in [0.717, 1.165) is 26.8 Å². The van der Waals surface area contributed by atoms with Crippen LogP contribution in [0.15, 0.2) is 29.3 Å². The Balaban J connectivity index is 1.44. The van der Waals surface area contributed by atoms with Crippen molar-refractivity contribution in [3.8, 4) is 0 Å². The van der Waals surface area contributed by atoms with Crippen molar-refractivity contribution in [2.75, 3.05) is 6.54 Å². The number of imide groups is 1. The lowest BCUT2D eigenvalue weighted by Crippen LogP contribution is -2.42. The number of aromatic nitrogens is 1. The fourth-order valence-corrected chi connectivity index (χ4v) is 9.88. The third-order valence-electron chi connectivity index (χ3n) is 7.57. The standard InChI is InChI=1S/C21H17N3O6S3/c25-11(26)6-23-19(27)14-9-5-10(15(14)20(23)28)16-13(9)12(17-18(32-16)22-21(31)33-17)7-1-3-8(4-2-7)24(29)30/h1-4,9-10,12-16H,5-6H2,(H,22,31)(H,25,26)/t9-,10+,12+,13+,14+,15+,16-/m0/s1. The lowest BCUT2D eigenvalue weighted by atomic mass is 9.68. The van der Waals surface area contributed by atoms with Crippen LogP contribution in [0.4, 0.5) is 5.69 Å². The molecular weight excluding hydrogens is 486 g/mol. The molecule has 1 aromatic carbocycles. The average Bonchev–Trinajstić information content (AvgIpc) is 3.49. The summed E-state index contributed by atoms with van der Waals surface area (Å²) < 4.78 is 0.645. The molecule has 2 N–H and O–H groups in total. The summed E-state index contributed by atoms with van der Waals surface area (Å²) in [6, 6.07) is 6.52. The van der Waals surface area contributed by atoms with Crippen molar-refractivity contribution >= 4 is 58.8 Å². The molecule has 2 bridgehead atoms. The number of hydrogen-bond donors (Lipinski definition) is 2. The summed E-state index contributed by atoms with van der Waals surface area (Å²) in [4.78, 5) is 53.4. The number of carbonyl (C=O) groups excluding carboxylic acids is 2. The van der Waals surface area contributed by atoms with Gasteiger partial charge in [0.15, 0.2) is 3.95 Å². The van der Waals surface area contributed by atoms with Crippen LogP contribution in [-0.2, 0) is 14.4 Å². The van der Waals surface area contributed by atoms with Gasteiger partial charge in [-0.25, -0.2) is 0 Å². The number of rotatable bonds is 4. The quantitative estimate of drug-likeness (QED) is 0.281. The van der Waals surface area contributed by atoms with Gasteiger partial charge < -0.3 is 10.1 Å². The number of nitrogens with zero attached hydrogens (tertiary/aromatic N) is 2. The molecule has 2 aliphatic heterocycles. The van der Waals surface area contributed by atoms with Gasteiger partial charge in [-0.2, -0.15) is 0 Å². The first-order chi connectivity index (χ1) is 15.8. The van der Waals surface area contributed by atoms with Crippen LogP contribution in [0.3, 0.4) is 0 Å². The number of fused-ring (bicyclic) bond motifs is 9. The number of carbonyl (C=O) groups is 3. The van der Waals surface area contributed by atoms with Gasteiger partial charge in [0.05, 0.1) is 21.8 Å². The first-order valence-corrected chi connectivity index (χ1v) is 12.6. The van der Waals surface area contributed by atoms with Crippen LogP contribution >= 0.6 is 35.3 Å². The van der Waals surface area contributed by atoms with Gasteiger partial charge in [-0.05, 0) is 42.0 Å². The van der Waals surface area contributed by atoms with E-state index in [1.54, 1.807) is 23.9 Å². The highest BCUT2D eigenvalue weighted by atomic mass is 32.2. The highest BCUT2D eigenvalue weighted by Gasteiger charge is 2.69. The van der Waals surface area contributed by atoms with Gasteiger partial charge in [-0.3, -0.25) is 29.4 Å². The number of aromatic amines is 1. The van der Waals surface area contributed by atoms with E-state index in [9.17, 15) is 29.6 Å². The summed E-state index contributed by atoms with van der Waals surface area (Å²) in [6.45, 7) is -0.598. The molecule has 0 unspecified atom stereocenters. The summed E-state index contributed by atoms with van der Waals surface area (Å²) in [5.74, 6) is -3.05. The van der Waals surface area contributed by atoms with E-state index in [1.165, 1.54) is 23.5 Å². The number of likely N-dealkylation sites (tertiary alicyclic amines) is 1. The first-order valence-electron chi connectivity index (χ1n) is 10.5. The van der Waals surface area contributed by atoms with Gasteiger partial charge in [0.2, 0.25) is 11.8 Å². The van der Waals surface area contributed by atoms with E-state index in [4.69, 9.17) is 12.2 Å². The largest absolute Gasteiger partial charge is 0.480 e. The van der Waals surface area contributed by atoms with Crippen molar-refractivity contribution in [1.29, 1.82) is 0 Å². The van der Waals surface area contributed by atoms with Crippen LogP contribution in [0, 0.1) is 43.7 Å². The molecule has 2 saturated carbocycles. The minimum absolute atomic E-state index is 0.0105. The van der Waals surface area contributed by atoms with Crippen molar-refractivity contribution in [1.82, 2.24) is 9.88 Å². The summed E-state index contributed by atoms with van der Waals surface area (Å²) in [5, 5.41) is 21.4. The highest BCUT2D eigenvalue weighted by molar-refractivity contribution is 8.00. The predicted octanol–water partition coefficient (Wildman–Crippen LogP) is 3.27. The monoisotopic (exact) mass is 503 g/mol. The molecular formula is C21H17N3O6S3. The SMILES string of the molecule is O=C(O)CN1C(=O)[C@@H]2[C@H]3C[C@@H]([C@@H]4Sc5[nH]c(=S)sc5[C@H](c5ccc([N+](=O)[O-])cc5)[C@@H]34)[C@H]2C1=O. The fourth-order valence-electron chi connectivity index (χ4n) is 6.55. The van der Waals surface area contributed by atoms with Gasteiger partial charge >= 0.3 is 5.97 Å². The number of thioether (sulfide) groups is 1. The van der Waals surface area contributed by atoms with Crippen molar-refractivity contribution < 1.29 is 24.4 Å². The highest BCUT2D eigenvalue weighted by Crippen LogP contribution is 2.68. The number of H-pyrrole nitrogens is 1. The van der Waals surface area contributed by atoms with E-state index >= 15 is 0 Å². The Labute approximate surface area is 200 Å². The molecule has 3 heterocycles. The maximum atomic E-state index is 13.1. The molecule has 3 fully saturated rings. The smallest absolute Gasteiger partial charge is 0.323 e. The normalized spacial score (nSPS) is 33.7. The molecule has 33 heavy (non-hydrogen) atoms. The molecule has 170 valence electrons. The van der Waals surface area contributed by atoms with Gasteiger partial charge in [0.25, 0.3) is 5.69 Å². The number of nitrogens with one attached hydrogen (secondary N) is 1. The lowest BCUT2D eigenvalue weighted by molar-refractivity contribution is -0.384. The molecule has 12 heteroatoms. The number of thiazole rings is 1. The van der Waals surface area contributed by atoms with Crippen molar-refractivity contribution in [2.45, 2.75) is 22.6 Å². The van der Waals surface area contributed by atoms with Gasteiger partial charge in [-0.1, -0.05) is 12.1 Å². The molecule has 4 aliphatic rings. The number of amides is 2. The third kappa shape index (κ3) is 2.90. The van der Waals surface area contributed by atoms with E-state index < -0.39 is 29.3 Å². The average molecular weight is 504 g/mol. The molecule has 1 aromatic heterocycles. The van der Waals surface area contributed by atoms with Crippen LogP contribution in [-0.4, -0.2) is 49.5 Å². The van der Waals surface area contributed by atoms with Crippen LogP contribution in [0.1, 0.15) is 22.8 Å². The topological polar surface area (TPSA) is 134 Å². The number of benzene rings is 1. The summed E-state index contributed by atoms with van der Waals surface area (Å²) in [6.07, 6.45) is 0.745. The number of carboxylic acids is 1. The molecule has 1 saturated heterocycles. The minimum Gasteiger partial charge on any atom is -0.480 e. The molecule has 2 aromatic rings. The maximum absolute atomic E-state index is 13.1. The predicted molar refractivity (Wildman–Crippen MR) is 121 cm³/mol. The zero-order chi connectivity index (χ0) is 23.2. The molecule has 2 amide bonds. The van der Waals surface area contributed by atoms with Crippen LogP contribution in [0.25, 0.3) is 0 Å². The van der Waals surface area contributed by atoms with Crippen LogP contribution in [0.5, 0.6) is 0 Å². The molecule has 6 rings (SSSR count). The van der Waals surface area contributed by atoms with Crippen molar-refractivity contribution in [3.63, 3.8) is 0 Å². The van der Waals surface area contributed by atoms with E-state index in [0.29, 0.717) is 3.95 Å². The number of hydrogen-bond acceptors (Lipinski definition) is 8. The zero-order valence-corrected chi connectivity index (χ0v) is 19.3. The lowest BCUT2D eigenvalue weighted by Gasteiger charge is -2.43. The Bertz CT molecular complexity index is 1290. The second-order valence-corrected chi connectivity index (χ2v) is 11.9. The van der Waals surface area contributed by atoms with Gasteiger partial charge in [0.1, 0.15) is 6.54 Å². The van der Waals surface area contributed by atoms with E-state index in [-0.39, 0.29) is 46.4 Å². The maximum Gasteiger partial charge on any atom is 0.323 e. The van der Waals surface area contributed by atoms with Crippen LogP contribution < -0.4 is 0 Å². The first kappa shape index (κ1) is 21.0. The Kier molecular flexibility index (Phi) is 4.59. The molecule has 2 aliphatic carbocycles. The number of carboxylic acid groups (broad SMARTS) is 1. The summed E-state index contributed by atoms with van der Waals surface area (Å²) >= 11 is 8.55. The molecule has 7 atom stereocenters. The van der Waals surface area contributed by atoms with Crippen molar-refractivity contribution in [2.24, 2.45) is 29.6 Å². The van der Waals surface area contributed by atoms with E-state index in [1.807, 2.05) is 0 Å². The number of aliphatic carboxylic acids is 1. The van der Waals surface area contributed by atoms with Gasteiger partial charge in [0, 0.05) is 28.2 Å². The zero-order valence-electron chi connectivity index (χ0n) is 16.9. The van der Waals surface area contributed by atoms with E-state index in [2.05, 4.69) is 4.98 Å². The van der Waals surface area contributed by atoms with Crippen molar-refractivity contribution in [3.05, 3.63) is 48.8 Å². The molecule has 0 spiro atoms. The Hall–Kier alpha value is -2.57. The Morgan fingerprint density at radius 2 is 1.88 bits per heavy atom. The Morgan fingerprint density at radius 3 is 2.52 bits per heavy atom. The number of nitro groups is 1. The number of nitro benzene ring substituents is 1. The second kappa shape index (κ2) is 7.21. The van der Waals surface area contributed by atoms with Crippen LogP contribution in [0.2, 0.25) is 0 Å². The molecule has 0 radical (unpaired) electrons. The van der Waals surface area contributed by atoms with Gasteiger partial charge in [-0.15, -0.1) is 23.1 Å². The second-order valence-electron chi connectivity index (χ2n) is 8.97. The third-order valence-corrected chi connectivity index (χ3v) is 10.5.